The molecule has 2 heterocycles. The predicted octanol–water partition coefficient (Wildman–Crippen LogP) is 1.97. The first kappa shape index (κ1) is 14.0. The van der Waals surface area contributed by atoms with Crippen LogP contribution in [0.2, 0.25) is 0 Å². The van der Waals surface area contributed by atoms with Crippen LogP contribution >= 0.6 is 0 Å². The zero-order valence-corrected chi connectivity index (χ0v) is 11.8. The number of aromatic nitrogens is 2. The molecule has 0 spiro atoms. The minimum atomic E-state index is -0.982. The maximum Gasteiger partial charge on any atom is 0.335 e. The molecule has 2 unspecified atom stereocenters. The maximum atomic E-state index is 11.0. The lowest BCUT2D eigenvalue weighted by Crippen LogP contribution is -2.18. The van der Waals surface area contributed by atoms with Gasteiger partial charge in [-0.25, -0.2) is 9.78 Å². The van der Waals surface area contributed by atoms with Crippen LogP contribution in [-0.2, 0) is 11.3 Å². The topological polar surface area (TPSA) is 84.6 Å². The molecule has 1 aliphatic heterocycles. The van der Waals surface area contributed by atoms with E-state index in [-0.39, 0.29) is 11.7 Å². The van der Waals surface area contributed by atoms with E-state index in [9.17, 15) is 9.90 Å². The van der Waals surface area contributed by atoms with E-state index in [4.69, 9.17) is 9.84 Å². The van der Waals surface area contributed by atoms with E-state index in [0.717, 1.165) is 25.0 Å². The Morgan fingerprint density at radius 1 is 1.57 bits per heavy atom. The summed E-state index contributed by atoms with van der Waals surface area (Å²) in [6.45, 7) is 3.05. The fourth-order valence-electron chi connectivity index (χ4n) is 2.78. The van der Waals surface area contributed by atoms with Gasteiger partial charge in [0.25, 0.3) is 0 Å². The Labute approximate surface area is 122 Å². The molecule has 6 heteroatoms. The first-order chi connectivity index (χ1) is 10.1. The highest BCUT2D eigenvalue weighted by Gasteiger charge is 2.22. The number of aliphatic hydroxyl groups is 1. The number of imidazole rings is 1. The van der Waals surface area contributed by atoms with Gasteiger partial charge in [0.05, 0.1) is 29.2 Å². The van der Waals surface area contributed by atoms with Gasteiger partial charge in [-0.3, -0.25) is 0 Å². The van der Waals surface area contributed by atoms with Crippen LogP contribution in [0.1, 0.15) is 42.1 Å². The molecule has 1 saturated heterocycles. The fraction of sp³-hybridized carbons (Fsp3) is 0.467. The molecule has 1 fully saturated rings. The van der Waals surface area contributed by atoms with Crippen molar-refractivity contribution in [3.05, 3.63) is 29.6 Å². The Bertz CT molecular complexity index is 672. The molecule has 2 atom stereocenters. The number of carbonyl (C=O) groups is 1. The molecular formula is C15H18N2O4. The quantitative estimate of drug-likeness (QED) is 0.899. The van der Waals surface area contributed by atoms with Gasteiger partial charge in [-0.1, -0.05) is 0 Å². The minimum Gasteiger partial charge on any atom is -0.478 e. The molecule has 0 bridgehead atoms. The average Bonchev–Trinajstić information content (AvgIpc) is 3.06. The van der Waals surface area contributed by atoms with Crippen LogP contribution in [0.25, 0.3) is 11.0 Å². The fourth-order valence-corrected chi connectivity index (χ4v) is 2.78. The molecule has 1 aliphatic rings. The number of aliphatic hydroxyl groups excluding tert-OH is 1. The maximum absolute atomic E-state index is 11.0. The number of fused-ring (bicyclic) bond motifs is 1. The van der Waals surface area contributed by atoms with E-state index in [2.05, 4.69) is 4.98 Å². The van der Waals surface area contributed by atoms with Crippen LogP contribution in [0.4, 0.5) is 0 Å². The molecule has 0 amide bonds. The Morgan fingerprint density at radius 2 is 2.38 bits per heavy atom. The molecule has 0 radical (unpaired) electrons. The third-order valence-corrected chi connectivity index (χ3v) is 3.81. The summed E-state index contributed by atoms with van der Waals surface area (Å²) in [6.07, 6.45) is 1.45. The summed E-state index contributed by atoms with van der Waals surface area (Å²) < 4.78 is 7.58. The van der Waals surface area contributed by atoms with Gasteiger partial charge in [-0.15, -0.1) is 0 Å². The van der Waals surface area contributed by atoms with Gasteiger partial charge in [-0.05, 0) is 38.0 Å². The van der Waals surface area contributed by atoms with Gasteiger partial charge in [0.15, 0.2) is 0 Å². The summed E-state index contributed by atoms with van der Waals surface area (Å²) in [5, 5.41) is 19.0. The molecule has 2 aromatic rings. The average molecular weight is 290 g/mol. The van der Waals surface area contributed by atoms with E-state index >= 15 is 0 Å². The molecule has 1 aromatic heterocycles. The Balaban J connectivity index is 2.06. The van der Waals surface area contributed by atoms with Crippen LogP contribution in [0.5, 0.6) is 0 Å². The lowest BCUT2D eigenvalue weighted by Gasteiger charge is -2.15. The Kier molecular flexibility index (Phi) is 3.65. The highest BCUT2D eigenvalue weighted by Crippen LogP contribution is 2.24. The van der Waals surface area contributed by atoms with Crippen LogP contribution in [0.3, 0.4) is 0 Å². The number of hydrogen-bond acceptors (Lipinski definition) is 4. The number of carboxylic acid groups (broad SMARTS) is 1. The monoisotopic (exact) mass is 290 g/mol. The van der Waals surface area contributed by atoms with E-state index in [1.807, 2.05) is 4.57 Å². The predicted molar refractivity (Wildman–Crippen MR) is 76.3 cm³/mol. The molecular weight excluding hydrogens is 272 g/mol. The lowest BCUT2D eigenvalue weighted by molar-refractivity contribution is 0.0697. The van der Waals surface area contributed by atoms with Crippen LogP contribution in [0, 0.1) is 0 Å². The molecule has 0 saturated carbocycles. The van der Waals surface area contributed by atoms with Crippen molar-refractivity contribution in [1.82, 2.24) is 9.55 Å². The highest BCUT2D eigenvalue weighted by molar-refractivity contribution is 5.92. The van der Waals surface area contributed by atoms with Crippen molar-refractivity contribution in [2.75, 3.05) is 6.61 Å². The number of hydrogen-bond donors (Lipinski definition) is 2. The first-order valence-electron chi connectivity index (χ1n) is 7.09. The van der Waals surface area contributed by atoms with E-state index < -0.39 is 12.1 Å². The second kappa shape index (κ2) is 5.46. The number of carboxylic acids is 1. The first-order valence-corrected chi connectivity index (χ1v) is 7.09. The summed E-state index contributed by atoms with van der Waals surface area (Å²) in [6, 6.07) is 4.84. The third-order valence-electron chi connectivity index (χ3n) is 3.81. The zero-order chi connectivity index (χ0) is 15.0. The molecule has 0 aliphatic carbocycles. The molecule has 2 N–H and O–H groups in total. The normalized spacial score (nSPS) is 20.0. The summed E-state index contributed by atoms with van der Waals surface area (Å²) in [7, 11) is 0. The van der Waals surface area contributed by atoms with Crippen molar-refractivity contribution < 1.29 is 19.7 Å². The second-order valence-electron chi connectivity index (χ2n) is 5.40. The molecule has 21 heavy (non-hydrogen) atoms. The van der Waals surface area contributed by atoms with E-state index in [0.29, 0.717) is 17.9 Å². The summed E-state index contributed by atoms with van der Waals surface area (Å²) in [5.74, 6) is -0.438. The number of nitrogens with zero attached hydrogens (tertiary/aromatic N) is 2. The molecule has 112 valence electrons. The number of rotatable bonds is 4. The van der Waals surface area contributed by atoms with Crippen LogP contribution in [0.15, 0.2) is 18.2 Å². The van der Waals surface area contributed by atoms with Gasteiger partial charge < -0.3 is 19.5 Å². The third kappa shape index (κ3) is 2.64. The van der Waals surface area contributed by atoms with E-state index in [1.54, 1.807) is 19.1 Å². The van der Waals surface area contributed by atoms with Gasteiger partial charge in [0.1, 0.15) is 11.9 Å². The van der Waals surface area contributed by atoms with Gasteiger partial charge in [0, 0.05) is 6.61 Å². The zero-order valence-electron chi connectivity index (χ0n) is 11.8. The largest absolute Gasteiger partial charge is 0.478 e. The van der Waals surface area contributed by atoms with Crippen molar-refractivity contribution in [2.24, 2.45) is 0 Å². The lowest BCUT2D eigenvalue weighted by atomic mass is 10.2. The summed E-state index contributed by atoms with van der Waals surface area (Å²) >= 11 is 0. The van der Waals surface area contributed by atoms with Crippen LogP contribution in [-0.4, -0.2) is 38.4 Å². The molecule has 1 aromatic carbocycles. The number of ether oxygens (including phenoxy) is 1. The van der Waals surface area contributed by atoms with Crippen molar-refractivity contribution in [3.63, 3.8) is 0 Å². The minimum absolute atomic E-state index is 0.124. The van der Waals surface area contributed by atoms with Crippen LogP contribution < -0.4 is 0 Å². The van der Waals surface area contributed by atoms with Gasteiger partial charge in [-0.2, -0.15) is 0 Å². The second-order valence-corrected chi connectivity index (χ2v) is 5.40. The number of aromatic carboxylic acids is 1. The standard InChI is InChI=1S/C15H18N2O4/c1-9(18)14-16-12-7-10(15(19)20)4-5-13(12)17(14)8-11-3-2-6-21-11/h4-5,7,9,11,18H,2-3,6,8H2,1H3,(H,19,20). The highest BCUT2D eigenvalue weighted by atomic mass is 16.5. The van der Waals surface area contributed by atoms with Crippen molar-refractivity contribution in [3.8, 4) is 0 Å². The van der Waals surface area contributed by atoms with Gasteiger partial charge in [0.2, 0.25) is 0 Å². The summed E-state index contributed by atoms with van der Waals surface area (Å²) in [4.78, 5) is 15.4. The Hall–Kier alpha value is -1.92. The number of benzene rings is 1. The molecule has 6 nitrogen and oxygen atoms in total. The van der Waals surface area contributed by atoms with E-state index in [1.165, 1.54) is 6.07 Å². The van der Waals surface area contributed by atoms with Crippen molar-refractivity contribution >= 4 is 17.0 Å². The van der Waals surface area contributed by atoms with Crippen molar-refractivity contribution in [2.45, 2.75) is 38.5 Å². The molecule has 3 rings (SSSR count). The van der Waals surface area contributed by atoms with Crippen molar-refractivity contribution in [1.29, 1.82) is 0 Å². The SMILES string of the molecule is CC(O)c1nc2cc(C(=O)O)ccc2n1CC1CCCO1. The smallest absolute Gasteiger partial charge is 0.335 e. The summed E-state index contributed by atoms with van der Waals surface area (Å²) in [5.41, 5.74) is 1.61. The Morgan fingerprint density at radius 3 is 3.00 bits per heavy atom. The van der Waals surface area contributed by atoms with Gasteiger partial charge >= 0.3 is 5.97 Å².